The van der Waals surface area contributed by atoms with Crippen molar-refractivity contribution in [1.82, 2.24) is 9.97 Å². The normalized spacial score (nSPS) is 10.1. The van der Waals surface area contributed by atoms with Gasteiger partial charge in [0.2, 0.25) is 0 Å². The Morgan fingerprint density at radius 3 is 2.75 bits per heavy atom. The monoisotopic (exact) mass is 242 g/mol. The number of carbonyl (C=O) groups is 1. The second-order valence-corrected chi connectivity index (χ2v) is 4.04. The van der Waals surface area contributed by atoms with Gasteiger partial charge in [-0.05, 0) is 6.42 Å². The molecule has 0 atom stereocenters. The van der Waals surface area contributed by atoms with E-state index in [1.807, 2.05) is 0 Å². The quantitative estimate of drug-likeness (QED) is 0.427. The van der Waals surface area contributed by atoms with Gasteiger partial charge in [0.05, 0.1) is 19.5 Å². The Morgan fingerprint density at radius 2 is 2.19 bits per heavy atom. The van der Waals surface area contributed by atoms with Crippen molar-refractivity contribution in [3.05, 3.63) is 18.1 Å². The molecule has 1 rings (SSSR count). The van der Waals surface area contributed by atoms with Crippen LogP contribution in [-0.4, -0.2) is 42.5 Å². The number of ether oxygens (including phenoxy) is 2. The molecule has 6 heteroatoms. The summed E-state index contributed by atoms with van der Waals surface area (Å²) >= 11 is 1.58. The third-order valence-corrected chi connectivity index (χ3v) is 2.76. The van der Waals surface area contributed by atoms with E-state index in [-0.39, 0.29) is 5.69 Å². The first-order valence-electron chi connectivity index (χ1n) is 4.80. The van der Waals surface area contributed by atoms with Crippen LogP contribution in [-0.2, 0) is 9.47 Å². The van der Waals surface area contributed by atoms with Gasteiger partial charge in [-0.15, -0.1) is 11.8 Å². The Hall–Kier alpha value is -1.14. The molecule has 0 aliphatic carbocycles. The molecule has 0 unspecified atom stereocenters. The van der Waals surface area contributed by atoms with Crippen LogP contribution in [0.25, 0.3) is 0 Å². The lowest BCUT2D eigenvalue weighted by atomic mass is 10.5. The van der Waals surface area contributed by atoms with Crippen LogP contribution >= 0.6 is 11.8 Å². The van der Waals surface area contributed by atoms with E-state index in [9.17, 15) is 4.79 Å². The molecule has 0 amide bonds. The highest BCUT2D eigenvalue weighted by Crippen LogP contribution is 2.14. The summed E-state index contributed by atoms with van der Waals surface area (Å²) in [6, 6.07) is 0. The van der Waals surface area contributed by atoms with E-state index in [0.29, 0.717) is 0 Å². The highest BCUT2D eigenvalue weighted by atomic mass is 32.2. The maximum atomic E-state index is 11.1. The van der Waals surface area contributed by atoms with Crippen LogP contribution in [0.5, 0.6) is 0 Å². The fourth-order valence-corrected chi connectivity index (χ4v) is 1.71. The molecule has 0 N–H and O–H groups in total. The summed E-state index contributed by atoms with van der Waals surface area (Å²) in [5, 5.41) is 0.795. The van der Waals surface area contributed by atoms with Gasteiger partial charge < -0.3 is 9.47 Å². The van der Waals surface area contributed by atoms with E-state index in [1.54, 1.807) is 25.1 Å². The van der Waals surface area contributed by atoms with Gasteiger partial charge in [0.1, 0.15) is 5.03 Å². The van der Waals surface area contributed by atoms with Crippen molar-refractivity contribution >= 4 is 17.7 Å². The Bertz CT molecular complexity index is 329. The molecule has 0 saturated heterocycles. The summed E-state index contributed by atoms with van der Waals surface area (Å²) < 4.78 is 9.46. The number of carbonyl (C=O) groups excluding carboxylic acids is 1. The summed E-state index contributed by atoms with van der Waals surface area (Å²) in [5.41, 5.74) is 0.226. The molecule has 16 heavy (non-hydrogen) atoms. The first kappa shape index (κ1) is 12.9. The first-order chi connectivity index (χ1) is 7.77. The van der Waals surface area contributed by atoms with Crippen LogP contribution in [0, 0.1) is 0 Å². The first-order valence-corrected chi connectivity index (χ1v) is 5.78. The minimum Gasteiger partial charge on any atom is -0.464 e. The number of aromatic nitrogens is 2. The summed E-state index contributed by atoms with van der Waals surface area (Å²) in [5.74, 6) is 0.448. The van der Waals surface area contributed by atoms with E-state index in [2.05, 4.69) is 14.7 Å². The molecule has 0 aromatic carbocycles. The average molecular weight is 242 g/mol. The fourth-order valence-electron chi connectivity index (χ4n) is 0.981. The van der Waals surface area contributed by atoms with Crippen molar-refractivity contribution in [2.75, 3.05) is 26.6 Å². The largest absolute Gasteiger partial charge is 0.464 e. The van der Waals surface area contributed by atoms with Gasteiger partial charge in [-0.1, -0.05) is 0 Å². The minimum atomic E-state index is -0.469. The number of hydrogen-bond acceptors (Lipinski definition) is 6. The molecule has 0 radical (unpaired) electrons. The summed E-state index contributed by atoms with van der Waals surface area (Å²) in [4.78, 5) is 19.1. The molecule has 0 aliphatic heterocycles. The molecule has 0 saturated carbocycles. The van der Waals surface area contributed by atoms with Crippen molar-refractivity contribution < 1.29 is 14.3 Å². The molecule has 1 aromatic rings. The molecule has 0 spiro atoms. The smallest absolute Gasteiger partial charge is 0.358 e. The van der Waals surface area contributed by atoms with Gasteiger partial charge >= 0.3 is 5.97 Å². The van der Waals surface area contributed by atoms with Gasteiger partial charge in [0, 0.05) is 19.5 Å². The van der Waals surface area contributed by atoms with E-state index in [4.69, 9.17) is 4.74 Å². The number of hydrogen-bond donors (Lipinski definition) is 0. The molecule has 0 bridgehead atoms. The van der Waals surface area contributed by atoms with Crippen LogP contribution in [0.1, 0.15) is 16.9 Å². The summed E-state index contributed by atoms with van der Waals surface area (Å²) in [7, 11) is 2.99. The Kier molecular flexibility index (Phi) is 5.81. The van der Waals surface area contributed by atoms with Crippen LogP contribution in [0.3, 0.4) is 0 Å². The zero-order valence-corrected chi connectivity index (χ0v) is 10.1. The number of nitrogens with zero attached hydrogens (tertiary/aromatic N) is 2. The molecule has 5 nitrogen and oxygen atoms in total. The lowest BCUT2D eigenvalue weighted by Crippen LogP contribution is -2.04. The van der Waals surface area contributed by atoms with Crippen molar-refractivity contribution in [2.45, 2.75) is 11.4 Å². The molecule has 1 heterocycles. The molecular formula is C10H14N2O3S. The number of methoxy groups -OCH3 is 2. The van der Waals surface area contributed by atoms with E-state index < -0.39 is 5.97 Å². The Balaban J connectivity index is 2.42. The number of esters is 1. The second kappa shape index (κ2) is 7.19. The Morgan fingerprint density at radius 1 is 1.38 bits per heavy atom. The van der Waals surface area contributed by atoms with Crippen LogP contribution in [0.2, 0.25) is 0 Å². The maximum Gasteiger partial charge on any atom is 0.358 e. The van der Waals surface area contributed by atoms with E-state index >= 15 is 0 Å². The SMILES string of the molecule is COCCCSc1cnc(C(=O)OC)cn1. The summed E-state index contributed by atoms with van der Waals surface area (Å²) in [6.07, 6.45) is 3.95. The van der Waals surface area contributed by atoms with Crippen LogP contribution in [0.4, 0.5) is 0 Å². The number of rotatable bonds is 6. The third-order valence-electron chi connectivity index (χ3n) is 1.77. The third kappa shape index (κ3) is 4.16. The second-order valence-electron chi connectivity index (χ2n) is 2.93. The van der Waals surface area contributed by atoms with Gasteiger partial charge in [0.15, 0.2) is 5.69 Å². The predicted octanol–water partition coefficient (Wildman–Crippen LogP) is 1.39. The van der Waals surface area contributed by atoms with Crippen molar-refractivity contribution in [3.63, 3.8) is 0 Å². The molecule has 88 valence electrons. The zero-order chi connectivity index (χ0) is 11.8. The molecule has 0 aliphatic rings. The zero-order valence-electron chi connectivity index (χ0n) is 9.30. The predicted molar refractivity (Wildman–Crippen MR) is 60.6 cm³/mol. The highest BCUT2D eigenvalue weighted by Gasteiger charge is 2.07. The van der Waals surface area contributed by atoms with E-state index in [1.165, 1.54) is 13.3 Å². The van der Waals surface area contributed by atoms with Gasteiger partial charge in [0.25, 0.3) is 0 Å². The summed E-state index contributed by atoms with van der Waals surface area (Å²) in [6.45, 7) is 0.737. The molecule has 0 fully saturated rings. The highest BCUT2D eigenvalue weighted by molar-refractivity contribution is 7.99. The van der Waals surface area contributed by atoms with Crippen molar-refractivity contribution in [2.24, 2.45) is 0 Å². The van der Waals surface area contributed by atoms with Gasteiger partial charge in [-0.25, -0.2) is 14.8 Å². The number of thioether (sulfide) groups is 1. The maximum absolute atomic E-state index is 11.1. The Labute approximate surface area is 98.6 Å². The van der Waals surface area contributed by atoms with Crippen LogP contribution in [0.15, 0.2) is 17.4 Å². The van der Waals surface area contributed by atoms with Crippen molar-refractivity contribution in [1.29, 1.82) is 0 Å². The standard InChI is InChI=1S/C10H14N2O3S/c1-14-4-3-5-16-9-7-11-8(6-12-9)10(13)15-2/h6-7H,3-5H2,1-2H3. The molecular weight excluding hydrogens is 228 g/mol. The van der Waals surface area contributed by atoms with E-state index in [0.717, 1.165) is 23.8 Å². The van der Waals surface area contributed by atoms with Crippen LogP contribution < -0.4 is 0 Å². The topological polar surface area (TPSA) is 61.3 Å². The van der Waals surface area contributed by atoms with Gasteiger partial charge in [-0.2, -0.15) is 0 Å². The minimum absolute atomic E-state index is 0.226. The van der Waals surface area contributed by atoms with Gasteiger partial charge in [-0.3, -0.25) is 0 Å². The van der Waals surface area contributed by atoms with Crippen molar-refractivity contribution in [3.8, 4) is 0 Å². The average Bonchev–Trinajstić information content (AvgIpc) is 2.34. The molecule has 1 aromatic heterocycles. The lowest BCUT2D eigenvalue weighted by molar-refractivity contribution is 0.0593. The lowest BCUT2D eigenvalue weighted by Gasteiger charge is -2.01. The fraction of sp³-hybridized carbons (Fsp3) is 0.500.